The average Bonchev–Trinajstić information content (AvgIpc) is 4.06. The molecule has 11 N–H and O–H groups in total. The number of ether oxygens (including phenoxy) is 1. The van der Waals surface area contributed by atoms with Crippen molar-refractivity contribution >= 4 is 27.5 Å². The van der Waals surface area contributed by atoms with Gasteiger partial charge in [-0.1, -0.05) is 78.1 Å². The molecule has 1 saturated heterocycles. The number of hydrogen-bond donors (Lipinski definition) is 9. The van der Waals surface area contributed by atoms with Gasteiger partial charge in [-0.2, -0.15) is 0 Å². The number of H-pyrrole nitrogens is 1. The highest BCUT2D eigenvalue weighted by atomic mass is 33.1. The van der Waals surface area contributed by atoms with Crippen molar-refractivity contribution in [1.29, 1.82) is 0 Å². The summed E-state index contributed by atoms with van der Waals surface area (Å²) in [7, 11) is 5.65. The van der Waals surface area contributed by atoms with Gasteiger partial charge in [-0.15, -0.1) is 0 Å². The molecule has 11 rings (SSSR count). The monoisotopic (exact) mass is 971 g/mol. The number of aromatic hydroxyl groups is 1. The Morgan fingerprint density at radius 2 is 1.90 bits per heavy atom. The molecule has 1 aromatic carbocycles. The Kier molecular flexibility index (Phi) is 16.0. The molecule has 14 atom stereocenters. The van der Waals surface area contributed by atoms with E-state index in [1.54, 1.807) is 13.1 Å². The van der Waals surface area contributed by atoms with Gasteiger partial charge < -0.3 is 56.7 Å². The van der Waals surface area contributed by atoms with Gasteiger partial charge in [-0.25, -0.2) is 0 Å². The average molecular weight is 971 g/mol. The molecule has 3 aromatic rings. The Morgan fingerprint density at radius 3 is 2.72 bits per heavy atom. The number of aromatic amines is 1. The molecular formula is C54H78N6O6S2. The normalized spacial score (nSPS) is 32.9. The van der Waals surface area contributed by atoms with Crippen molar-refractivity contribution in [3.63, 3.8) is 0 Å². The molecule has 0 amide bonds. The molecule has 6 aliphatic carbocycles. The van der Waals surface area contributed by atoms with E-state index in [9.17, 15) is 20.4 Å². The number of guanidine groups is 1. The van der Waals surface area contributed by atoms with Crippen LogP contribution in [0.1, 0.15) is 129 Å². The maximum Gasteiger partial charge on any atom is 0.188 e. The summed E-state index contributed by atoms with van der Waals surface area (Å²) < 4.78 is 12.6. The summed E-state index contributed by atoms with van der Waals surface area (Å²) in [6.07, 6.45) is 20.9. The van der Waals surface area contributed by atoms with Crippen LogP contribution < -0.4 is 26.8 Å². The molecule has 1 spiro atoms. The molecule has 12 nitrogen and oxygen atoms in total. The Morgan fingerprint density at radius 1 is 1.04 bits per heavy atom. The second-order valence-corrected chi connectivity index (χ2v) is 23.9. The Bertz CT molecular complexity index is 2260. The van der Waals surface area contributed by atoms with Gasteiger partial charge in [0.2, 0.25) is 0 Å². The molecule has 2 saturated carbocycles. The first-order valence-electron chi connectivity index (χ1n) is 25.8. The zero-order valence-corrected chi connectivity index (χ0v) is 42.1. The van der Waals surface area contributed by atoms with Crippen molar-refractivity contribution in [2.45, 2.75) is 134 Å². The molecule has 3 fully saturated rings. The van der Waals surface area contributed by atoms with Crippen LogP contribution in [0.15, 0.2) is 64.0 Å². The van der Waals surface area contributed by atoms with Crippen molar-refractivity contribution in [3.8, 4) is 11.5 Å². The van der Waals surface area contributed by atoms with E-state index in [1.807, 2.05) is 46.7 Å². The number of rotatable bonds is 18. The van der Waals surface area contributed by atoms with Crippen LogP contribution in [0.5, 0.6) is 11.5 Å². The number of aryl methyl sites for hydroxylation is 3. The number of nitrogens with two attached hydrogens (primary N) is 2. The molecule has 14 heteroatoms. The minimum absolute atomic E-state index is 0.00913. The number of hydrogen-bond acceptors (Lipinski definition) is 11. The molecule has 2 aliphatic heterocycles. The Hall–Kier alpha value is -3.37. The number of nitrogens with zero attached hydrogens (tertiary/aromatic N) is 1. The van der Waals surface area contributed by atoms with E-state index in [0.29, 0.717) is 78.4 Å². The molecular weight excluding hydrogens is 893 g/mol. The molecule has 372 valence electrons. The van der Waals surface area contributed by atoms with Crippen molar-refractivity contribution in [2.24, 2.45) is 63.3 Å². The highest BCUT2D eigenvalue weighted by Gasteiger charge is 2.53. The zero-order valence-electron chi connectivity index (χ0n) is 40.5. The van der Waals surface area contributed by atoms with Crippen LogP contribution in [0.4, 0.5) is 0 Å². The lowest BCUT2D eigenvalue weighted by molar-refractivity contribution is 0.0710. The first kappa shape index (κ1) is 49.6. The number of benzene rings is 1. The van der Waals surface area contributed by atoms with Crippen LogP contribution >= 0.6 is 21.6 Å². The van der Waals surface area contributed by atoms with Gasteiger partial charge in [0.25, 0.3) is 0 Å². The van der Waals surface area contributed by atoms with E-state index in [1.165, 1.54) is 30.5 Å². The summed E-state index contributed by atoms with van der Waals surface area (Å²) >= 11 is 0. The number of allylic oxidation sites excluding steroid dienone is 4. The van der Waals surface area contributed by atoms with Gasteiger partial charge in [-0.3, -0.25) is 4.99 Å². The number of aliphatic imine (C=N–C) groups is 1. The van der Waals surface area contributed by atoms with Crippen LogP contribution in [-0.2, 0) is 25.9 Å². The Balaban J connectivity index is 0.783. The lowest BCUT2D eigenvalue weighted by Crippen LogP contribution is -2.50. The van der Waals surface area contributed by atoms with Gasteiger partial charge in [0.05, 0.1) is 12.7 Å². The molecule has 6 bridgehead atoms. The van der Waals surface area contributed by atoms with E-state index in [0.717, 1.165) is 91.3 Å². The van der Waals surface area contributed by atoms with Gasteiger partial charge in [0, 0.05) is 85.4 Å². The molecule has 14 unspecified atom stereocenters. The number of phenolic OH excluding ortho intramolecular Hbond substituents is 1. The van der Waals surface area contributed by atoms with Crippen molar-refractivity contribution < 1.29 is 29.6 Å². The molecule has 2 aromatic heterocycles. The third-order valence-electron chi connectivity index (χ3n) is 17.3. The number of aromatic nitrogens is 1. The van der Waals surface area contributed by atoms with Crippen LogP contribution in [-0.4, -0.2) is 87.8 Å². The maximum atomic E-state index is 11.5. The van der Waals surface area contributed by atoms with Crippen LogP contribution in [0, 0.1) is 46.8 Å². The van der Waals surface area contributed by atoms with E-state index in [2.05, 4.69) is 57.9 Å². The van der Waals surface area contributed by atoms with Crippen molar-refractivity contribution in [3.05, 3.63) is 94.2 Å². The number of fused-ring (bicyclic) bond motifs is 5. The summed E-state index contributed by atoms with van der Waals surface area (Å²) in [5.74, 6) is 9.00. The second-order valence-electron chi connectivity index (χ2n) is 21.4. The molecule has 68 heavy (non-hydrogen) atoms. The fraction of sp³-hybridized carbons (Fsp3) is 0.648. The zero-order chi connectivity index (χ0) is 47.5. The summed E-state index contributed by atoms with van der Waals surface area (Å²) in [5, 5.41) is 49.7. The summed E-state index contributed by atoms with van der Waals surface area (Å²) in [5.41, 5.74) is 18.3. The standard InChI is InChI=1S/C54H78N6O6S2/c1-31(62)25-58-26-44-42-24-46(59-52(42)36-16-18-54(44)17-6-8-38(54)20-36)49(64)28-65-51-19-33(11-15-48(51)63)10-13-39-21-37(27-61)50(66-39)9-5-4-7-35-23-45(55)43-29-67-68-30-47(60-53(56)57-3)32(2)34-12-14-40(43)41(35)22-34/h11-12,14-16,18-19,21,24,31-32,34-36,38,40-41,43-45,47,49,58-59,61-64H,4-10,13,17,20,22-23,25-30,55H2,1-3H3,(H3,56,57,60). The third kappa shape index (κ3) is 10.6. The number of aliphatic hydroxyl groups is 3. The fourth-order valence-electron chi connectivity index (χ4n) is 13.5. The second kappa shape index (κ2) is 22.0. The largest absolute Gasteiger partial charge is 0.504 e. The van der Waals surface area contributed by atoms with Gasteiger partial charge in [-0.05, 0) is 134 Å². The van der Waals surface area contributed by atoms with Crippen molar-refractivity contribution in [1.82, 2.24) is 15.6 Å². The lowest BCUT2D eigenvalue weighted by atomic mass is 9.58. The van der Waals surface area contributed by atoms with Crippen LogP contribution in [0.3, 0.4) is 0 Å². The van der Waals surface area contributed by atoms with E-state index in [4.69, 9.17) is 20.6 Å². The van der Waals surface area contributed by atoms with Gasteiger partial charge in [0.1, 0.15) is 24.2 Å². The van der Waals surface area contributed by atoms with Crippen LogP contribution in [0.25, 0.3) is 0 Å². The summed E-state index contributed by atoms with van der Waals surface area (Å²) in [6, 6.07) is 10.0. The Labute approximate surface area is 411 Å². The SMILES string of the molecule is CN=C(N)NC1CSSCC2C(N)CC(CCCCc3oc(CCc4ccc(O)c(OCC(O)c5cc6c([nH]5)C5C=CC7(CCCC7C5)C6CNCC(C)O)c4)cc3CO)C3CC(C=CC23)C1C. The smallest absolute Gasteiger partial charge is 0.188 e. The van der Waals surface area contributed by atoms with Crippen LogP contribution in [0.2, 0.25) is 0 Å². The van der Waals surface area contributed by atoms with Gasteiger partial charge >= 0.3 is 0 Å². The van der Waals surface area contributed by atoms with Gasteiger partial charge in [0.15, 0.2) is 17.5 Å². The number of unbranched alkanes of at least 4 members (excludes halogenated alkanes) is 1. The lowest BCUT2D eigenvalue weighted by Gasteiger charge is -2.49. The number of nitrogens with one attached hydrogen (secondary N) is 3. The summed E-state index contributed by atoms with van der Waals surface area (Å²) in [4.78, 5) is 7.83. The highest BCUT2D eigenvalue weighted by Crippen LogP contribution is 2.62. The highest BCUT2D eigenvalue weighted by molar-refractivity contribution is 8.76. The van der Waals surface area contributed by atoms with Crippen molar-refractivity contribution in [2.75, 3.05) is 38.2 Å². The van der Waals surface area contributed by atoms with E-state index < -0.39 is 12.2 Å². The predicted octanol–water partition coefficient (Wildman–Crippen LogP) is 8.02. The first-order chi connectivity index (χ1) is 32.9. The topological polar surface area (TPSA) is 208 Å². The quantitative estimate of drug-likeness (QED) is 0.0195. The fourth-order valence-corrected chi connectivity index (χ4v) is 16.3. The summed E-state index contributed by atoms with van der Waals surface area (Å²) in [6.45, 7) is 5.44. The number of phenols is 1. The maximum absolute atomic E-state index is 11.5. The minimum Gasteiger partial charge on any atom is -0.504 e. The third-order valence-corrected chi connectivity index (χ3v) is 19.8. The number of furan rings is 1. The minimum atomic E-state index is -0.908. The van der Waals surface area contributed by atoms with E-state index >= 15 is 0 Å². The molecule has 0 radical (unpaired) electrons. The molecule has 4 heterocycles. The molecule has 8 aliphatic rings. The van der Waals surface area contributed by atoms with E-state index in [-0.39, 0.29) is 42.4 Å². The first-order valence-corrected chi connectivity index (χ1v) is 28.2. The predicted molar refractivity (Wildman–Crippen MR) is 275 cm³/mol. The number of aliphatic hydroxyl groups excluding tert-OH is 3.